The van der Waals surface area contributed by atoms with E-state index in [0.29, 0.717) is 11.7 Å². The Morgan fingerprint density at radius 1 is 1.27 bits per heavy atom. The third kappa shape index (κ3) is 4.43. The first-order valence-electron chi connectivity index (χ1n) is 8.64. The molecule has 1 saturated heterocycles. The molecule has 8 heteroatoms. The maximum absolute atomic E-state index is 12.4. The third-order valence-corrected chi connectivity index (χ3v) is 6.06. The number of nitrogens with one attached hydrogen (secondary N) is 1. The molecular formula is C18H23N3O4S. The monoisotopic (exact) mass is 377 g/mol. The van der Waals surface area contributed by atoms with E-state index in [0.717, 1.165) is 37.9 Å². The van der Waals surface area contributed by atoms with Crippen LogP contribution in [0.3, 0.4) is 0 Å². The summed E-state index contributed by atoms with van der Waals surface area (Å²) in [6, 6.07) is 8.43. The van der Waals surface area contributed by atoms with Crippen molar-refractivity contribution in [3.05, 3.63) is 41.7 Å². The van der Waals surface area contributed by atoms with Gasteiger partial charge >= 0.3 is 0 Å². The molecule has 1 amide bonds. The van der Waals surface area contributed by atoms with Crippen LogP contribution in [0.25, 0.3) is 0 Å². The van der Waals surface area contributed by atoms with Gasteiger partial charge < -0.3 is 9.42 Å². The van der Waals surface area contributed by atoms with Gasteiger partial charge in [0.1, 0.15) is 5.76 Å². The lowest BCUT2D eigenvalue weighted by Gasteiger charge is -2.31. The van der Waals surface area contributed by atoms with Crippen LogP contribution >= 0.6 is 0 Å². The average molecular weight is 377 g/mol. The summed E-state index contributed by atoms with van der Waals surface area (Å²) in [4.78, 5) is 13.4. The van der Waals surface area contributed by atoms with Gasteiger partial charge in [0.25, 0.3) is 10.0 Å². The second-order valence-electron chi connectivity index (χ2n) is 6.73. The molecule has 0 spiro atoms. The smallest absolute Gasteiger partial charge is 0.263 e. The fraction of sp³-hybridized carbons (Fsp3) is 0.444. The largest absolute Gasteiger partial charge is 0.360 e. The second kappa shape index (κ2) is 7.49. The minimum absolute atomic E-state index is 0.132. The SMILES string of the molecule is CC(=O)N1CCC(Cc2ccc(S(=O)(=O)Nc3cc(C)on3)cc2)CC1. The molecule has 2 heterocycles. The number of anilines is 1. The van der Waals surface area contributed by atoms with Gasteiger partial charge in [-0.15, -0.1) is 0 Å². The number of sulfonamides is 1. The molecular weight excluding hydrogens is 354 g/mol. The van der Waals surface area contributed by atoms with Crippen LogP contribution in [0.15, 0.2) is 39.8 Å². The molecule has 7 nitrogen and oxygen atoms in total. The third-order valence-electron chi connectivity index (χ3n) is 4.68. The van der Waals surface area contributed by atoms with Crippen LogP contribution in [0.5, 0.6) is 0 Å². The summed E-state index contributed by atoms with van der Waals surface area (Å²) in [6.07, 6.45) is 2.85. The zero-order valence-electron chi connectivity index (χ0n) is 14.9. The Morgan fingerprint density at radius 2 is 1.92 bits per heavy atom. The van der Waals surface area contributed by atoms with Crippen LogP contribution in [0.2, 0.25) is 0 Å². The van der Waals surface area contributed by atoms with Gasteiger partial charge in [0, 0.05) is 26.1 Å². The molecule has 1 fully saturated rings. The van der Waals surface area contributed by atoms with E-state index in [-0.39, 0.29) is 16.6 Å². The van der Waals surface area contributed by atoms with E-state index < -0.39 is 10.0 Å². The molecule has 0 saturated carbocycles. The molecule has 140 valence electrons. The Morgan fingerprint density at radius 3 is 2.46 bits per heavy atom. The molecule has 0 bridgehead atoms. The number of amides is 1. The van der Waals surface area contributed by atoms with E-state index in [2.05, 4.69) is 9.88 Å². The van der Waals surface area contributed by atoms with Crippen LogP contribution in [0, 0.1) is 12.8 Å². The van der Waals surface area contributed by atoms with Crippen LogP contribution in [0.1, 0.15) is 31.1 Å². The lowest BCUT2D eigenvalue weighted by Crippen LogP contribution is -2.37. The second-order valence-corrected chi connectivity index (χ2v) is 8.41. The summed E-state index contributed by atoms with van der Waals surface area (Å²) < 4.78 is 32.0. The predicted molar refractivity (Wildman–Crippen MR) is 97.2 cm³/mol. The van der Waals surface area contributed by atoms with Crippen LogP contribution < -0.4 is 4.72 Å². The number of benzene rings is 1. The number of carbonyl (C=O) groups excluding carboxylic acids is 1. The van der Waals surface area contributed by atoms with E-state index in [4.69, 9.17) is 4.52 Å². The van der Waals surface area contributed by atoms with Crippen LogP contribution in [-0.2, 0) is 21.2 Å². The fourth-order valence-corrected chi connectivity index (χ4v) is 4.18. The average Bonchev–Trinajstić information content (AvgIpc) is 3.00. The lowest BCUT2D eigenvalue weighted by molar-refractivity contribution is -0.130. The quantitative estimate of drug-likeness (QED) is 0.864. The van der Waals surface area contributed by atoms with Gasteiger partial charge in [-0.1, -0.05) is 17.3 Å². The number of piperidine rings is 1. The number of hydrogen-bond acceptors (Lipinski definition) is 5. The Bertz CT molecular complexity index is 866. The Hall–Kier alpha value is -2.35. The summed E-state index contributed by atoms with van der Waals surface area (Å²) in [5, 5.41) is 3.65. The van der Waals surface area contributed by atoms with Gasteiger partial charge in [-0.05, 0) is 49.8 Å². The molecule has 1 aromatic heterocycles. The molecule has 1 aromatic carbocycles. The van der Waals surface area contributed by atoms with E-state index in [1.807, 2.05) is 17.0 Å². The van der Waals surface area contributed by atoms with Crippen molar-refractivity contribution in [1.82, 2.24) is 10.1 Å². The molecule has 1 aliphatic rings. The van der Waals surface area contributed by atoms with Crippen molar-refractivity contribution in [1.29, 1.82) is 0 Å². The molecule has 0 radical (unpaired) electrons. The molecule has 0 aliphatic carbocycles. The van der Waals surface area contributed by atoms with Crippen molar-refractivity contribution < 1.29 is 17.7 Å². The highest BCUT2D eigenvalue weighted by atomic mass is 32.2. The number of hydrogen-bond donors (Lipinski definition) is 1. The Balaban J connectivity index is 1.60. The van der Waals surface area contributed by atoms with E-state index >= 15 is 0 Å². The number of aryl methyl sites for hydroxylation is 1. The number of carbonyl (C=O) groups is 1. The number of nitrogens with zero attached hydrogens (tertiary/aromatic N) is 2. The van der Waals surface area contributed by atoms with Gasteiger partial charge in [0.2, 0.25) is 5.91 Å². The highest BCUT2D eigenvalue weighted by Crippen LogP contribution is 2.23. The highest BCUT2D eigenvalue weighted by molar-refractivity contribution is 7.92. The first-order chi connectivity index (χ1) is 12.3. The maximum atomic E-state index is 12.4. The summed E-state index contributed by atoms with van der Waals surface area (Å²) in [5.74, 6) is 1.36. The zero-order chi connectivity index (χ0) is 18.7. The van der Waals surface area contributed by atoms with E-state index in [1.165, 1.54) is 6.07 Å². The maximum Gasteiger partial charge on any atom is 0.263 e. The van der Waals surface area contributed by atoms with Crippen molar-refractivity contribution in [2.75, 3.05) is 17.8 Å². The topological polar surface area (TPSA) is 92.5 Å². The van der Waals surface area contributed by atoms with E-state index in [1.54, 1.807) is 26.0 Å². The van der Waals surface area contributed by atoms with Gasteiger partial charge in [-0.2, -0.15) is 0 Å². The normalized spacial score (nSPS) is 15.8. The number of rotatable bonds is 5. The van der Waals surface area contributed by atoms with Crippen LogP contribution in [-0.4, -0.2) is 37.5 Å². The van der Waals surface area contributed by atoms with Gasteiger partial charge in [-0.3, -0.25) is 9.52 Å². The Kier molecular flexibility index (Phi) is 5.31. The van der Waals surface area contributed by atoms with Gasteiger partial charge in [0.05, 0.1) is 4.90 Å². The molecule has 0 unspecified atom stereocenters. The fourth-order valence-electron chi connectivity index (χ4n) is 3.20. The van der Waals surface area contributed by atoms with Gasteiger partial charge in [0.15, 0.2) is 5.82 Å². The first-order valence-corrected chi connectivity index (χ1v) is 10.1. The molecule has 2 aromatic rings. The number of likely N-dealkylation sites (tertiary alicyclic amines) is 1. The van der Waals surface area contributed by atoms with Crippen molar-refractivity contribution in [3.63, 3.8) is 0 Å². The van der Waals surface area contributed by atoms with Crippen molar-refractivity contribution in [2.24, 2.45) is 5.92 Å². The van der Waals surface area contributed by atoms with Crippen molar-refractivity contribution in [2.45, 2.75) is 38.0 Å². The molecule has 0 atom stereocenters. The Labute approximate surface area is 153 Å². The van der Waals surface area contributed by atoms with Gasteiger partial charge in [-0.25, -0.2) is 8.42 Å². The summed E-state index contributed by atoms with van der Waals surface area (Å²) in [5.41, 5.74) is 1.10. The number of aromatic nitrogens is 1. The lowest BCUT2D eigenvalue weighted by atomic mass is 9.90. The molecule has 3 rings (SSSR count). The van der Waals surface area contributed by atoms with Crippen LogP contribution in [0.4, 0.5) is 5.82 Å². The summed E-state index contributed by atoms with van der Waals surface area (Å²) in [7, 11) is -3.68. The van der Waals surface area contributed by atoms with Crippen molar-refractivity contribution >= 4 is 21.7 Å². The zero-order valence-corrected chi connectivity index (χ0v) is 15.8. The minimum Gasteiger partial charge on any atom is -0.360 e. The van der Waals surface area contributed by atoms with Crippen molar-refractivity contribution in [3.8, 4) is 0 Å². The van der Waals surface area contributed by atoms with E-state index in [9.17, 15) is 13.2 Å². The highest BCUT2D eigenvalue weighted by Gasteiger charge is 2.21. The standard InChI is InChI=1S/C18H23N3O4S/c1-13-11-18(19-25-13)20-26(23,24)17-5-3-15(4-6-17)12-16-7-9-21(10-8-16)14(2)22/h3-6,11,16H,7-10,12H2,1-2H3,(H,19,20). The summed E-state index contributed by atoms with van der Waals surface area (Å²) in [6.45, 7) is 4.90. The molecule has 1 N–H and O–H groups in total. The minimum atomic E-state index is -3.68. The summed E-state index contributed by atoms with van der Waals surface area (Å²) >= 11 is 0. The predicted octanol–water partition coefficient (Wildman–Crippen LogP) is 2.58. The molecule has 1 aliphatic heterocycles. The molecule has 26 heavy (non-hydrogen) atoms. The first kappa shape index (κ1) is 18.4.